The van der Waals surface area contributed by atoms with Crippen molar-refractivity contribution in [3.8, 4) is 5.75 Å². The average Bonchev–Trinajstić information content (AvgIpc) is 2.23. The van der Waals surface area contributed by atoms with Gasteiger partial charge in [-0.2, -0.15) is 17.6 Å². The van der Waals surface area contributed by atoms with Crippen LogP contribution in [-0.4, -0.2) is 27.7 Å². The van der Waals surface area contributed by atoms with E-state index in [-0.39, 0.29) is 5.75 Å². The summed E-state index contributed by atoms with van der Waals surface area (Å²) in [5, 5.41) is 1.05. The highest BCUT2D eigenvalue weighted by Gasteiger charge is 2.28. The maximum Gasteiger partial charge on any atom is 0.422 e. The Morgan fingerprint density at radius 3 is 2.11 bits per heavy atom. The van der Waals surface area contributed by atoms with Crippen LogP contribution in [0.5, 0.6) is 5.75 Å². The minimum absolute atomic E-state index is 0.234. The number of hydrogen-bond donors (Lipinski definition) is 0. The Hall–Kier alpha value is -0.873. The molecule has 1 rings (SSSR count). The van der Waals surface area contributed by atoms with E-state index in [2.05, 4.69) is 31.0 Å². The standard InChI is InChI=1S/C12H18F3NOPSi/c1-18(16-19(2,3)4)11-7-5-10(6-8-11)17-9-12(13,14)15/h5-8H,9H2,1-4H3/q+1. The SMILES string of the molecule is C/[P+](=N\[Si](C)(C)C)c1ccc(OCC(F)(F)F)cc1. The molecule has 1 atom stereocenters. The van der Waals surface area contributed by atoms with Gasteiger partial charge in [-0.1, -0.05) is 0 Å². The van der Waals surface area contributed by atoms with E-state index in [9.17, 15) is 13.2 Å². The average molecular weight is 308 g/mol. The van der Waals surface area contributed by atoms with Crippen molar-refractivity contribution < 1.29 is 17.9 Å². The lowest BCUT2D eigenvalue weighted by Crippen LogP contribution is -2.19. The Bertz CT molecular complexity index is 452. The van der Waals surface area contributed by atoms with Gasteiger partial charge in [0.25, 0.3) is 0 Å². The molecule has 0 heterocycles. The largest absolute Gasteiger partial charge is 0.484 e. The summed E-state index contributed by atoms with van der Waals surface area (Å²) < 4.78 is 45.5. The Labute approximate surface area is 113 Å². The first-order valence-corrected chi connectivity index (χ1v) is 11.0. The molecular formula is C12H18F3NOPSi+. The summed E-state index contributed by atoms with van der Waals surface area (Å²) >= 11 is 0. The van der Waals surface area contributed by atoms with Crippen LogP contribution in [0.2, 0.25) is 19.6 Å². The molecule has 0 aromatic heterocycles. The van der Waals surface area contributed by atoms with Crippen molar-refractivity contribution in [3.05, 3.63) is 24.3 Å². The summed E-state index contributed by atoms with van der Waals surface area (Å²) in [4.78, 5) is 0. The lowest BCUT2D eigenvalue weighted by atomic mass is 10.3. The Balaban J connectivity index is 2.74. The molecule has 0 saturated carbocycles. The first-order chi connectivity index (χ1) is 8.57. The first-order valence-electron chi connectivity index (χ1n) is 5.83. The maximum atomic E-state index is 12.0. The molecule has 0 radical (unpaired) electrons. The van der Waals surface area contributed by atoms with Crippen LogP contribution >= 0.6 is 7.71 Å². The summed E-state index contributed by atoms with van der Waals surface area (Å²) in [6, 6.07) is 6.72. The second kappa shape index (κ2) is 6.05. The number of rotatable bonds is 4. The van der Waals surface area contributed by atoms with E-state index in [0.29, 0.717) is 0 Å². The lowest BCUT2D eigenvalue weighted by molar-refractivity contribution is -0.153. The number of alkyl halides is 3. The van der Waals surface area contributed by atoms with E-state index in [0.717, 1.165) is 5.30 Å². The zero-order chi connectivity index (χ0) is 14.7. The van der Waals surface area contributed by atoms with E-state index in [1.165, 1.54) is 0 Å². The second-order valence-electron chi connectivity index (χ2n) is 5.19. The monoisotopic (exact) mass is 308 g/mol. The van der Waals surface area contributed by atoms with Gasteiger partial charge in [-0.05, 0) is 43.9 Å². The fourth-order valence-electron chi connectivity index (χ4n) is 1.43. The fourth-order valence-corrected chi connectivity index (χ4v) is 6.07. The summed E-state index contributed by atoms with van der Waals surface area (Å²) in [6.45, 7) is 7.28. The van der Waals surface area contributed by atoms with Crippen LogP contribution in [0.25, 0.3) is 0 Å². The van der Waals surface area contributed by atoms with Crippen molar-refractivity contribution in [2.24, 2.45) is 4.41 Å². The molecule has 7 heteroatoms. The van der Waals surface area contributed by atoms with Crippen molar-refractivity contribution >= 4 is 21.3 Å². The van der Waals surface area contributed by atoms with Gasteiger partial charge in [-0.15, -0.1) is 0 Å². The smallest absolute Gasteiger partial charge is 0.422 e. The topological polar surface area (TPSA) is 21.6 Å². The highest BCUT2D eigenvalue weighted by atomic mass is 31.1. The molecule has 0 aliphatic rings. The van der Waals surface area contributed by atoms with Crippen molar-refractivity contribution in [3.63, 3.8) is 0 Å². The van der Waals surface area contributed by atoms with E-state index in [1.54, 1.807) is 24.3 Å². The number of ether oxygens (including phenoxy) is 1. The normalized spacial score (nSPS) is 13.5. The van der Waals surface area contributed by atoms with Gasteiger partial charge in [0.1, 0.15) is 12.4 Å². The Morgan fingerprint density at radius 2 is 1.68 bits per heavy atom. The van der Waals surface area contributed by atoms with Crippen molar-refractivity contribution in [2.75, 3.05) is 13.3 Å². The van der Waals surface area contributed by atoms with Crippen LogP contribution in [0.4, 0.5) is 13.2 Å². The van der Waals surface area contributed by atoms with Gasteiger partial charge in [0.2, 0.25) is 15.9 Å². The Kier molecular flexibility index (Phi) is 5.16. The predicted molar refractivity (Wildman–Crippen MR) is 76.2 cm³/mol. The highest BCUT2D eigenvalue weighted by Crippen LogP contribution is 2.25. The summed E-state index contributed by atoms with van der Waals surface area (Å²) in [7, 11) is -2.08. The molecule has 1 aromatic carbocycles. The third-order valence-electron chi connectivity index (χ3n) is 2.06. The number of hydrogen-bond acceptors (Lipinski definition) is 2. The maximum absolute atomic E-state index is 12.0. The summed E-state index contributed by atoms with van der Waals surface area (Å²) in [5.74, 6) is 0.234. The molecule has 0 saturated heterocycles. The minimum atomic E-state index is -4.30. The predicted octanol–water partition coefficient (Wildman–Crippen LogP) is 4.38. The van der Waals surface area contributed by atoms with Crippen LogP contribution in [0, 0.1) is 0 Å². The molecule has 0 bridgehead atoms. The van der Waals surface area contributed by atoms with Gasteiger partial charge in [0.05, 0.1) is 0 Å². The van der Waals surface area contributed by atoms with Gasteiger partial charge in [0.15, 0.2) is 11.9 Å². The molecule has 19 heavy (non-hydrogen) atoms. The van der Waals surface area contributed by atoms with Gasteiger partial charge in [-0.3, -0.25) is 0 Å². The first kappa shape index (κ1) is 16.2. The number of benzene rings is 1. The van der Waals surface area contributed by atoms with E-state index in [1.807, 2.05) is 0 Å². The summed E-state index contributed by atoms with van der Waals surface area (Å²) in [5.41, 5.74) is 0. The van der Waals surface area contributed by atoms with E-state index < -0.39 is 28.7 Å². The molecule has 1 aromatic rings. The zero-order valence-electron chi connectivity index (χ0n) is 11.5. The zero-order valence-corrected chi connectivity index (χ0v) is 13.3. The van der Waals surface area contributed by atoms with E-state index in [4.69, 9.17) is 4.41 Å². The molecule has 0 amide bonds. The molecule has 1 unspecified atom stereocenters. The van der Waals surface area contributed by atoms with Crippen LogP contribution in [0.1, 0.15) is 0 Å². The van der Waals surface area contributed by atoms with Crippen LogP contribution in [0.15, 0.2) is 28.7 Å². The third-order valence-corrected chi connectivity index (χ3v) is 6.71. The highest BCUT2D eigenvalue weighted by molar-refractivity contribution is 7.56. The van der Waals surface area contributed by atoms with Crippen LogP contribution in [0.3, 0.4) is 0 Å². The quantitative estimate of drug-likeness (QED) is 0.597. The second-order valence-corrected chi connectivity index (χ2v) is 11.9. The Morgan fingerprint density at radius 1 is 1.16 bits per heavy atom. The van der Waals surface area contributed by atoms with Gasteiger partial charge >= 0.3 is 6.18 Å². The molecule has 0 aliphatic carbocycles. The molecule has 0 aliphatic heterocycles. The van der Waals surface area contributed by atoms with Crippen LogP contribution < -0.4 is 10.0 Å². The number of nitrogens with zero attached hydrogens (tertiary/aromatic N) is 1. The molecule has 0 fully saturated rings. The van der Waals surface area contributed by atoms with E-state index >= 15 is 0 Å². The molecule has 2 nitrogen and oxygen atoms in total. The van der Waals surface area contributed by atoms with Crippen LogP contribution in [-0.2, 0) is 0 Å². The minimum Gasteiger partial charge on any atom is -0.484 e. The van der Waals surface area contributed by atoms with Crippen molar-refractivity contribution in [2.45, 2.75) is 25.8 Å². The molecular weight excluding hydrogens is 290 g/mol. The third kappa shape index (κ3) is 6.73. The summed E-state index contributed by atoms with van der Waals surface area (Å²) in [6.07, 6.45) is -4.30. The van der Waals surface area contributed by atoms with Crippen molar-refractivity contribution in [1.82, 2.24) is 0 Å². The number of halogens is 3. The molecule has 0 spiro atoms. The van der Waals surface area contributed by atoms with Crippen molar-refractivity contribution in [1.29, 1.82) is 0 Å². The van der Waals surface area contributed by atoms with Gasteiger partial charge < -0.3 is 4.74 Å². The van der Waals surface area contributed by atoms with Gasteiger partial charge in [-0.25, -0.2) is 0 Å². The lowest BCUT2D eigenvalue weighted by Gasteiger charge is -2.08. The molecule has 0 N–H and O–H groups in total. The molecule has 106 valence electrons. The fraction of sp³-hybridized carbons (Fsp3) is 0.500. The van der Waals surface area contributed by atoms with Gasteiger partial charge in [0, 0.05) is 0 Å².